The fraction of sp³-hybridized carbons (Fsp3) is 0.471. The minimum atomic E-state index is -0.162. The summed E-state index contributed by atoms with van der Waals surface area (Å²) in [6.45, 7) is 3.33. The number of amides is 1. The number of nitrogens with one attached hydrogen (secondary N) is 1. The summed E-state index contributed by atoms with van der Waals surface area (Å²) in [5.41, 5.74) is 1.97. The van der Waals surface area contributed by atoms with Crippen LogP contribution in [0, 0.1) is 0 Å². The molecule has 2 aromatic rings. The molecular formula is C17H21N5O2. The standard InChI is InChI=1S/C17H21N5O2/c1-2-4-14-13(8-18-10-19-14)17(24)22-6-3-5-12(9-22)15-7-16(23)21-11-20-15/h7-8,10-12H,2-6,9H2,1H3,(H,20,21,23)/t12-/m1/s1. The van der Waals surface area contributed by atoms with Gasteiger partial charge < -0.3 is 9.88 Å². The Bertz CT molecular complexity index is 773. The number of carbonyl (C=O) groups excluding carboxylic acids is 1. The van der Waals surface area contributed by atoms with Crippen molar-refractivity contribution in [1.29, 1.82) is 0 Å². The normalized spacial score (nSPS) is 17.7. The summed E-state index contributed by atoms with van der Waals surface area (Å²) in [7, 11) is 0. The summed E-state index contributed by atoms with van der Waals surface area (Å²) in [6.07, 6.45) is 8.02. The Hall–Kier alpha value is -2.57. The number of carbonyl (C=O) groups is 1. The lowest BCUT2D eigenvalue weighted by Gasteiger charge is -2.32. The van der Waals surface area contributed by atoms with Gasteiger partial charge in [0.1, 0.15) is 6.33 Å². The molecule has 1 atom stereocenters. The number of rotatable bonds is 4. The second kappa shape index (κ2) is 7.33. The fourth-order valence-electron chi connectivity index (χ4n) is 3.15. The molecule has 1 fully saturated rings. The maximum atomic E-state index is 12.9. The molecule has 7 heteroatoms. The van der Waals surface area contributed by atoms with Crippen molar-refractivity contribution in [1.82, 2.24) is 24.8 Å². The fourth-order valence-corrected chi connectivity index (χ4v) is 3.15. The van der Waals surface area contributed by atoms with E-state index in [2.05, 4.69) is 26.9 Å². The van der Waals surface area contributed by atoms with Crippen LogP contribution in [-0.2, 0) is 6.42 Å². The monoisotopic (exact) mass is 327 g/mol. The number of piperidine rings is 1. The van der Waals surface area contributed by atoms with Crippen molar-refractivity contribution in [2.45, 2.75) is 38.5 Å². The van der Waals surface area contributed by atoms with Gasteiger partial charge in [-0.25, -0.2) is 15.0 Å². The van der Waals surface area contributed by atoms with Gasteiger partial charge in [0.2, 0.25) is 0 Å². The van der Waals surface area contributed by atoms with Gasteiger partial charge in [0, 0.05) is 31.3 Å². The molecule has 126 valence electrons. The van der Waals surface area contributed by atoms with E-state index >= 15 is 0 Å². The van der Waals surface area contributed by atoms with Crippen LogP contribution in [0.1, 0.15) is 53.8 Å². The third kappa shape index (κ3) is 3.50. The highest BCUT2D eigenvalue weighted by molar-refractivity contribution is 5.95. The van der Waals surface area contributed by atoms with Gasteiger partial charge in [0.05, 0.1) is 23.3 Å². The second-order valence-electron chi connectivity index (χ2n) is 6.06. The molecule has 1 aliphatic heterocycles. The van der Waals surface area contributed by atoms with Crippen LogP contribution < -0.4 is 5.56 Å². The van der Waals surface area contributed by atoms with Crippen molar-refractivity contribution in [3.8, 4) is 0 Å². The number of aromatic nitrogens is 4. The predicted octanol–water partition coefficient (Wildman–Crippen LogP) is 1.53. The van der Waals surface area contributed by atoms with Crippen molar-refractivity contribution in [2.75, 3.05) is 13.1 Å². The highest BCUT2D eigenvalue weighted by atomic mass is 16.2. The first kappa shape index (κ1) is 16.3. The zero-order valence-electron chi connectivity index (χ0n) is 13.7. The molecule has 0 radical (unpaired) electrons. The molecule has 1 N–H and O–H groups in total. The largest absolute Gasteiger partial charge is 0.338 e. The smallest absolute Gasteiger partial charge is 0.257 e. The summed E-state index contributed by atoms with van der Waals surface area (Å²) >= 11 is 0. The van der Waals surface area contributed by atoms with Gasteiger partial charge in [-0.05, 0) is 19.3 Å². The van der Waals surface area contributed by atoms with Gasteiger partial charge >= 0.3 is 0 Å². The topological polar surface area (TPSA) is 91.8 Å². The molecule has 0 spiro atoms. The van der Waals surface area contributed by atoms with E-state index in [0.29, 0.717) is 18.7 Å². The van der Waals surface area contributed by atoms with Gasteiger partial charge in [-0.2, -0.15) is 0 Å². The van der Waals surface area contributed by atoms with Crippen LogP contribution in [0.25, 0.3) is 0 Å². The minimum Gasteiger partial charge on any atom is -0.338 e. The highest BCUT2D eigenvalue weighted by Gasteiger charge is 2.27. The Kier molecular flexibility index (Phi) is 4.98. The molecule has 3 rings (SSSR count). The Balaban J connectivity index is 1.80. The van der Waals surface area contributed by atoms with Crippen molar-refractivity contribution in [2.24, 2.45) is 0 Å². The maximum absolute atomic E-state index is 12.9. The Morgan fingerprint density at radius 3 is 3.08 bits per heavy atom. The zero-order valence-corrected chi connectivity index (χ0v) is 13.7. The van der Waals surface area contributed by atoms with Gasteiger partial charge in [0.25, 0.3) is 11.5 Å². The van der Waals surface area contributed by atoms with Crippen LogP contribution in [0.4, 0.5) is 0 Å². The first-order chi connectivity index (χ1) is 11.7. The van der Waals surface area contributed by atoms with Gasteiger partial charge in [-0.15, -0.1) is 0 Å². The van der Waals surface area contributed by atoms with Crippen LogP contribution in [-0.4, -0.2) is 43.8 Å². The number of nitrogens with zero attached hydrogens (tertiary/aromatic N) is 4. The zero-order chi connectivity index (χ0) is 16.9. The van der Waals surface area contributed by atoms with Crippen LogP contribution in [0.5, 0.6) is 0 Å². The molecule has 3 heterocycles. The molecule has 1 amide bonds. The van der Waals surface area contributed by atoms with Crippen molar-refractivity contribution in [3.05, 3.63) is 52.2 Å². The Labute approximate surface area is 140 Å². The SMILES string of the molecule is CCCc1ncncc1C(=O)N1CCC[C@@H](c2cc(=O)[nH]cn2)C1. The van der Waals surface area contributed by atoms with Crippen LogP contribution >= 0.6 is 0 Å². The van der Waals surface area contributed by atoms with E-state index in [1.165, 1.54) is 18.7 Å². The number of likely N-dealkylation sites (tertiary alicyclic amines) is 1. The number of hydrogen-bond donors (Lipinski definition) is 1. The Morgan fingerprint density at radius 2 is 2.29 bits per heavy atom. The van der Waals surface area contributed by atoms with Crippen LogP contribution in [0.15, 0.2) is 29.7 Å². The number of hydrogen-bond acceptors (Lipinski definition) is 5. The Morgan fingerprint density at radius 1 is 1.42 bits per heavy atom. The van der Waals surface area contributed by atoms with Crippen LogP contribution in [0.3, 0.4) is 0 Å². The van der Waals surface area contributed by atoms with E-state index in [1.807, 2.05) is 4.90 Å². The molecule has 1 saturated heterocycles. The van der Waals surface area contributed by atoms with Crippen LogP contribution in [0.2, 0.25) is 0 Å². The summed E-state index contributed by atoms with van der Waals surface area (Å²) in [5, 5.41) is 0. The molecule has 7 nitrogen and oxygen atoms in total. The molecule has 1 aliphatic rings. The number of aromatic amines is 1. The van der Waals surface area contributed by atoms with Crippen molar-refractivity contribution >= 4 is 5.91 Å². The van der Waals surface area contributed by atoms with Gasteiger partial charge in [-0.1, -0.05) is 13.3 Å². The maximum Gasteiger partial charge on any atom is 0.257 e. The molecule has 0 unspecified atom stereocenters. The molecule has 0 saturated carbocycles. The van der Waals surface area contributed by atoms with Crippen molar-refractivity contribution < 1.29 is 4.79 Å². The third-order valence-corrected chi connectivity index (χ3v) is 4.34. The average molecular weight is 327 g/mol. The van der Waals surface area contributed by atoms with E-state index < -0.39 is 0 Å². The predicted molar refractivity (Wildman–Crippen MR) is 88.8 cm³/mol. The first-order valence-corrected chi connectivity index (χ1v) is 8.31. The van der Waals surface area contributed by atoms with E-state index in [1.54, 1.807) is 6.20 Å². The van der Waals surface area contributed by atoms with E-state index in [-0.39, 0.29) is 17.4 Å². The number of H-pyrrole nitrogens is 1. The molecule has 2 aromatic heterocycles. The molecule has 0 aliphatic carbocycles. The van der Waals surface area contributed by atoms with E-state index in [4.69, 9.17) is 0 Å². The summed E-state index contributed by atoms with van der Waals surface area (Å²) in [4.78, 5) is 41.3. The third-order valence-electron chi connectivity index (χ3n) is 4.34. The summed E-state index contributed by atoms with van der Waals surface area (Å²) in [5.74, 6) is 0.0536. The molecule has 0 aromatic carbocycles. The molecule has 0 bridgehead atoms. The lowest BCUT2D eigenvalue weighted by atomic mass is 9.94. The van der Waals surface area contributed by atoms with E-state index in [0.717, 1.165) is 37.1 Å². The van der Waals surface area contributed by atoms with Gasteiger partial charge in [0.15, 0.2) is 0 Å². The number of aryl methyl sites for hydroxylation is 1. The lowest BCUT2D eigenvalue weighted by molar-refractivity contribution is 0.0703. The quantitative estimate of drug-likeness (QED) is 0.919. The highest BCUT2D eigenvalue weighted by Crippen LogP contribution is 2.26. The molecule has 24 heavy (non-hydrogen) atoms. The lowest BCUT2D eigenvalue weighted by Crippen LogP contribution is -2.40. The summed E-state index contributed by atoms with van der Waals surface area (Å²) < 4.78 is 0. The first-order valence-electron chi connectivity index (χ1n) is 8.31. The summed E-state index contributed by atoms with van der Waals surface area (Å²) in [6, 6.07) is 1.52. The minimum absolute atomic E-state index is 0.0337. The van der Waals surface area contributed by atoms with Gasteiger partial charge in [-0.3, -0.25) is 9.59 Å². The second-order valence-corrected chi connectivity index (χ2v) is 6.06. The molecular weight excluding hydrogens is 306 g/mol. The van der Waals surface area contributed by atoms with E-state index in [9.17, 15) is 9.59 Å². The van der Waals surface area contributed by atoms with Crippen molar-refractivity contribution in [3.63, 3.8) is 0 Å². The average Bonchev–Trinajstić information content (AvgIpc) is 2.62.